The number of nitrogens with one attached hydrogen (secondary N) is 1. The lowest BCUT2D eigenvalue weighted by molar-refractivity contribution is -0.147. The molecular formula is C38H72NO10P. The smallest absolute Gasteiger partial charge is 0.472 e. The number of ether oxygens (including phenoxy) is 1. The highest BCUT2D eigenvalue weighted by molar-refractivity contribution is 7.47. The third-order valence-corrected chi connectivity index (χ3v) is 9.51. The van der Waals surface area contributed by atoms with Crippen LogP contribution in [0, 0.1) is 0 Å². The number of hydrogen-bond donors (Lipinski definition) is 4. The summed E-state index contributed by atoms with van der Waals surface area (Å²) in [7, 11) is -4.74. The van der Waals surface area contributed by atoms with Crippen molar-refractivity contribution < 1.29 is 47.8 Å². The molecule has 0 rings (SSSR count). The number of carboxylic acids is 1. The van der Waals surface area contributed by atoms with Gasteiger partial charge in [0.25, 0.3) is 0 Å². The van der Waals surface area contributed by atoms with E-state index in [1.165, 1.54) is 89.9 Å². The van der Waals surface area contributed by atoms with Gasteiger partial charge in [-0.1, -0.05) is 142 Å². The third kappa shape index (κ3) is 33.4. The van der Waals surface area contributed by atoms with Crippen molar-refractivity contribution in [1.82, 2.24) is 5.32 Å². The van der Waals surface area contributed by atoms with Gasteiger partial charge in [0.1, 0.15) is 12.7 Å². The second-order valence-corrected chi connectivity index (χ2v) is 14.9. The van der Waals surface area contributed by atoms with E-state index in [0.717, 1.165) is 51.4 Å². The Morgan fingerprint density at radius 1 is 0.620 bits per heavy atom. The molecule has 3 unspecified atom stereocenters. The number of carbonyl (C=O) groups excluding carboxylic acids is 2. The predicted molar refractivity (Wildman–Crippen MR) is 199 cm³/mol. The van der Waals surface area contributed by atoms with E-state index in [-0.39, 0.29) is 12.8 Å². The molecule has 50 heavy (non-hydrogen) atoms. The Hall–Kier alpha value is -1.78. The van der Waals surface area contributed by atoms with Gasteiger partial charge in [-0.25, -0.2) is 9.36 Å². The molecule has 0 aromatic carbocycles. The molecule has 0 heterocycles. The second-order valence-electron chi connectivity index (χ2n) is 13.5. The number of aliphatic carboxylic acids is 1. The number of phosphoric acid groups is 1. The summed E-state index contributed by atoms with van der Waals surface area (Å²) in [5.41, 5.74) is 0. The van der Waals surface area contributed by atoms with Crippen LogP contribution in [0.2, 0.25) is 0 Å². The standard InChI is InChI=1S/C38H72NO10P/c1-3-5-7-9-11-13-14-15-16-17-18-19-20-22-23-25-27-29-36(41)39-35(38(43)44)33-49-50(45,46)48-32-34(40)31-47-37(42)30-28-26-24-21-12-10-8-6-4-2/h15-16,34-35,40H,3-14,17-33H2,1-2H3,(H,39,41)(H,43,44)(H,45,46)/b16-15-. The van der Waals surface area contributed by atoms with Gasteiger partial charge in [0.15, 0.2) is 6.04 Å². The number of phosphoric ester groups is 1. The number of aliphatic hydroxyl groups is 1. The predicted octanol–water partition coefficient (Wildman–Crippen LogP) is 9.33. The van der Waals surface area contributed by atoms with E-state index < -0.39 is 57.6 Å². The van der Waals surface area contributed by atoms with Gasteiger partial charge in [-0.2, -0.15) is 0 Å². The highest BCUT2D eigenvalue weighted by Crippen LogP contribution is 2.43. The topological polar surface area (TPSA) is 169 Å². The monoisotopic (exact) mass is 733 g/mol. The van der Waals surface area contributed by atoms with Gasteiger partial charge in [0, 0.05) is 12.8 Å². The fourth-order valence-electron chi connectivity index (χ4n) is 5.43. The summed E-state index contributed by atoms with van der Waals surface area (Å²) in [4.78, 5) is 45.6. The molecule has 0 radical (unpaired) electrons. The van der Waals surface area contributed by atoms with Crippen molar-refractivity contribution in [2.75, 3.05) is 19.8 Å². The van der Waals surface area contributed by atoms with Gasteiger partial charge >= 0.3 is 19.8 Å². The highest BCUT2D eigenvalue weighted by Gasteiger charge is 2.28. The summed E-state index contributed by atoms with van der Waals surface area (Å²) >= 11 is 0. The molecule has 0 aliphatic carbocycles. The van der Waals surface area contributed by atoms with Crippen LogP contribution in [0.25, 0.3) is 0 Å². The first-order valence-electron chi connectivity index (χ1n) is 19.7. The summed E-state index contributed by atoms with van der Waals surface area (Å²) in [6.07, 6.45) is 31.0. The first-order valence-corrected chi connectivity index (χ1v) is 21.2. The van der Waals surface area contributed by atoms with Gasteiger partial charge in [0.2, 0.25) is 5.91 Å². The van der Waals surface area contributed by atoms with Crippen LogP contribution in [0.15, 0.2) is 12.2 Å². The van der Waals surface area contributed by atoms with E-state index in [1.807, 2.05) is 0 Å². The van der Waals surface area contributed by atoms with E-state index >= 15 is 0 Å². The number of esters is 1. The lowest BCUT2D eigenvalue weighted by atomic mass is 10.1. The van der Waals surface area contributed by atoms with Crippen molar-refractivity contribution in [3.8, 4) is 0 Å². The summed E-state index contributed by atoms with van der Waals surface area (Å²) in [5.74, 6) is -2.38. The van der Waals surface area contributed by atoms with Crippen LogP contribution in [0.3, 0.4) is 0 Å². The number of carbonyl (C=O) groups is 3. The van der Waals surface area contributed by atoms with Crippen LogP contribution in [-0.2, 0) is 32.7 Å². The average Bonchev–Trinajstić information content (AvgIpc) is 3.08. The van der Waals surface area contributed by atoms with Gasteiger partial charge in [-0.3, -0.25) is 18.6 Å². The first-order chi connectivity index (χ1) is 24.1. The molecule has 0 aliphatic rings. The minimum Gasteiger partial charge on any atom is -0.480 e. The number of rotatable bonds is 37. The van der Waals surface area contributed by atoms with Crippen molar-refractivity contribution in [3.05, 3.63) is 12.2 Å². The van der Waals surface area contributed by atoms with E-state index in [1.54, 1.807) is 0 Å². The zero-order valence-electron chi connectivity index (χ0n) is 31.5. The molecule has 0 fully saturated rings. The minimum absolute atomic E-state index is 0.143. The zero-order valence-corrected chi connectivity index (χ0v) is 32.4. The maximum Gasteiger partial charge on any atom is 0.472 e. The quantitative estimate of drug-likeness (QED) is 0.0209. The maximum atomic E-state index is 12.3. The molecule has 11 nitrogen and oxygen atoms in total. The van der Waals surface area contributed by atoms with Gasteiger partial charge in [-0.15, -0.1) is 0 Å². The molecule has 12 heteroatoms. The Balaban J connectivity index is 3.94. The summed E-state index contributed by atoms with van der Waals surface area (Å²) in [5, 5.41) is 21.7. The third-order valence-electron chi connectivity index (χ3n) is 8.55. The minimum atomic E-state index is -4.74. The van der Waals surface area contributed by atoms with Crippen LogP contribution in [0.1, 0.15) is 181 Å². The summed E-state index contributed by atoms with van der Waals surface area (Å²) in [6, 6.07) is -1.54. The van der Waals surface area contributed by atoms with E-state index in [2.05, 4.69) is 31.3 Å². The molecule has 294 valence electrons. The number of aliphatic hydroxyl groups excluding tert-OH is 1. The van der Waals surface area contributed by atoms with Crippen molar-refractivity contribution in [3.63, 3.8) is 0 Å². The van der Waals surface area contributed by atoms with Gasteiger partial charge in [-0.05, 0) is 38.5 Å². The van der Waals surface area contributed by atoms with Crippen molar-refractivity contribution >= 4 is 25.7 Å². The number of hydrogen-bond acceptors (Lipinski definition) is 8. The normalized spacial score (nSPS) is 14.0. The summed E-state index contributed by atoms with van der Waals surface area (Å²) < 4.78 is 26.7. The second kappa shape index (κ2) is 34.3. The zero-order chi connectivity index (χ0) is 37.1. The van der Waals surface area contributed by atoms with Crippen LogP contribution < -0.4 is 5.32 Å². The number of unbranched alkanes of at least 4 members (excludes halogenated alkanes) is 21. The van der Waals surface area contributed by atoms with Crippen LogP contribution in [-0.4, -0.2) is 64.9 Å². The Kier molecular flexibility index (Phi) is 33.1. The van der Waals surface area contributed by atoms with Gasteiger partial charge in [0.05, 0.1) is 13.2 Å². The van der Waals surface area contributed by atoms with Crippen LogP contribution in [0.5, 0.6) is 0 Å². The Morgan fingerprint density at radius 2 is 1.04 bits per heavy atom. The fourth-order valence-corrected chi connectivity index (χ4v) is 6.20. The van der Waals surface area contributed by atoms with Crippen molar-refractivity contribution in [2.45, 2.75) is 193 Å². The molecule has 0 aromatic heterocycles. The Labute approximate surface area is 303 Å². The SMILES string of the molecule is CCCCCCCC/C=C\CCCCCCCCCC(=O)NC(COP(=O)(O)OCC(O)COC(=O)CCCCCCCCCCC)C(=O)O. The maximum absolute atomic E-state index is 12.3. The number of carboxylic acid groups (broad SMARTS) is 1. The highest BCUT2D eigenvalue weighted by atomic mass is 31.2. The van der Waals surface area contributed by atoms with E-state index in [4.69, 9.17) is 13.8 Å². The van der Waals surface area contributed by atoms with Crippen molar-refractivity contribution in [2.24, 2.45) is 0 Å². The molecule has 0 bridgehead atoms. The summed E-state index contributed by atoms with van der Waals surface area (Å²) in [6.45, 7) is 2.55. The average molecular weight is 734 g/mol. The number of amides is 1. The van der Waals surface area contributed by atoms with E-state index in [0.29, 0.717) is 12.8 Å². The van der Waals surface area contributed by atoms with Crippen LogP contribution >= 0.6 is 7.82 Å². The molecule has 4 N–H and O–H groups in total. The van der Waals surface area contributed by atoms with Gasteiger partial charge < -0.3 is 25.2 Å². The molecule has 3 atom stereocenters. The molecule has 0 saturated carbocycles. The number of allylic oxidation sites excluding steroid dienone is 2. The van der Waals surface area contributed by atoms with Crippen molar-refractivity contribution in [1.29, 1.82) is 0 Å². The Bertz CT molecular complexity index is 916. The Morgan fingerprint density at radius 3 is 1.52 bits per heavy atom. The van der Waals surface area contributed by atoms with Crippen LogP contribution in [0.4, 0.5) is 0 Å². The molecule has 0 spiro atoms. The fraction of sp³-hybridized carbons (Fsp3) is 0.868. The molecular weight excluding hydrogens is 661 g/mol. The largest absolute Gasteiger partial charge is 0.480 e. The molecule has 0 aromatic rings. The van der Waals surface area contributed by atoms with E-state index in [9.17, 15) is 34.1 Å². The lowest BCUT2D eigenvalue weighted by Gasteiger charge is -2.18. The molecule has 0 saturated heterocycles. The first kappa shape index (κ1) is 48.2. The molecule has 0 aliphatic heterocycles. The lowest BCUT2D eigenvalue weighted by Crippen LogP contribution is -2.43. The molecule has 1 amide bonds.